The summed E-state index contributed by atoms with van der Waals surface area (Å²) in [5, 5.41) is 18.8. The van der Waals surface area contributed by atoms with Crippen LogP contribution < -0.4 is 5.32 Å². The number of nitrogens with one attached hydrogen (secondary N) is 2. The summed E-state index contributed by atoms with van der Waals surface area (Å²) >= 11 is 5.97. The number of aromatic nitrogens is 2. The molecule has 2 aromatic rings. The number of nitrogens with zero attached hydrogens (tertiary/aromatic N) is 1. The predicted octanol–water partition coefficient (Wildman–Crippen LogP) is 1.86. The molecule has 1 aromatic carbocycles. The van der Waals surface area contributed by atoms with Crippen LogP contribution in [-0.2, 0) is 4.74 Å². The molecular weight excluding hydrogens is 306 g/mol. The van der Waals surface area contributed by atoms with E-state index in [4.69, 9.17) is 21.4 Å². The van der Waals surface area contributed by atoms with Crippen LogP contribution in [0.1, 0.15) is 16.8 Å². The lowest BCUT2D eigenvalue weighted by Gasteiger charge is -2.06. The number of carbonyl (C=O) groups is 1. The van der Waals surface area contributed by atoms with Crippen LogP contribution in [0.3, 0.4) is 0 Å². The first-order valence-electron chi connectivity index (χ1n) is 6.98. The van der Waals surface area contributed by atoms with Gasteiger partial charge >= 0.3 is 0 Å². The van der Waals surface area contributed by atoms with E-state index in [1.807, 2.05) is 12.1 Å². The number of H-pyrrole nitrogens is 1. The summed E-state index contributed by atoms with van der Waals surface area (Å²) in [6.07, 6.45) is 2.17. The Labute approximate surface area is 133 Å². The number of carbonyl (C=O) groups excluding carboxylic acids is 1. The molecule has 0 aliphatic carbocycles. The van der Waals surface area contributed by atoms with Crippen LogP contribution in [0.4, 0.5) is 0 Å². The molecule has 0 unspecified atom stereocenters. The number of amides is 1. The van der Waals surface area contributed by atoms with Crippen LogP contribution in [0.15, 0.2) is 30.5 Å². The first kappa shape index (κ1) is 16.5. The van der Waals surface area contributed by atoms with Gasteiger partial charge in [0.25, 0.3) is 5.91 Å². The first-order valence-corrected chi connectivity index (χ1v) is 7.36. The molecule has 0 aliphatic rings. The first-order chi connectivity index (χ1) is 10.7. The normalized spacial score (nSPS) is 10.6. The van der Waals surface area contributed by atoms with Crippen LogP contribution in [0.5, 0.6) is 0 Å². The lowest BCUT2D eigenvalue weighted by Crippen LogP contribution is -2.25. The molecule has 2 rings (SSSR count). The zero-order valence-electron chi connectivity index (χ0n) is 12.0. The molecule has 0 aliphatic heterocycles. The molecule has 0 saturated carbocycles. The molecule has 1 heterocycles. The minimum atomic E-state index is -0.203. The van der Waals surface area contributed by atoms with E-state index in [0.29, 0.717) is 42.5 Å². The van der Waals surface area contributed by atoms with Crippen molar-refractivity contribution < 1.29 is 14.6 Å². The van der Waals surface area contributed by atoms with Gasteiger partial charge in [0.2, 0.25) is 0 Å². The van der Waals surface area contributed by atoms with Gasteiger partial charge in [-0.3, -0.25) is 9.89 Å². The van der Waals surface area contributed by atoms with Gasteiger partial charge in [-0.25, -0.2) is 0 Å². The summed E-state index contributed by atoms with van der Waals surface area (Å²) in [4.78, 5) is 12.2. The molecule has 0 atom stereocenters. The number of benzene rings is 1. The number of halogens is 1. The van der Waals surface area contributed by atoms with Crippen molar-refractivity contribution in [3.8, 4) is 11.3 Å². The van der Waals surface area contributed by atoms with Gasteiger partial charge in [0.05, 0.1) is 30.7 Å². The molecule has 0 bridgehead atoms. The van der Waals surface area contributed by atoms with Crippen molar-refractivity contribution in [1.29, 1.82) is 0 Å². The molecule has 6 nitrogen and oxygen atoms in total. The van der Waals surface area contributed by atoms with Crippen molar-refractivity contribution >= 4 is 17.5 Å². The Morgan fingerprint density at radius 1 is 1.41 bits per heavy atom. The monoisotopic (exact) mass is 323 g/mol. The van der Waals surface area contributed by atoms with Crippen LogP contribution in [0.2, 0.25) is 5.02 Å². The topological polar surface area (TPSA) is 87.2 Å². The van der Waals surface area contributed by atoms with Gasteiger partial charge in [0, 0.05) is 23.7 Å². The summed E-state index contributed by atoms with van der Waals surface area (Å²) < 4.78 is 5.13. The fourth-order valence-corrected chi connectivity index (χ4v) is 2.15. The summed E-state index contributed by atoms with van der Waals surface area (Å²) in [6, 6.07) is 7.22. The zero-order valence-corrected chi connectivity index (χ0v) is 12.8. The standard InChI is InChI=1S/C15H18ClN3O3/c16-12-4-1-3-11(9-12)14-13(10-18-19-14)15(21)17-5-2-7-22-8-6-20/h1,3-4,9-10,20H,2,5-8H2,(H,17,21)(H,18,19). The highest BCUT2D eigenvalue weighted by Crippen LogP contribution is 2.23. The summed E-state index contributed by atoms with van der Waals surface area (Å²) in [5.74, 6) is -0.203. The minimum absolute atomic E-state index is 0.00434. The van der Waals surface area contributed by atoms with Crippen LogP contribution >= 0.6 is 11.6 Å². The maximum absolute atomic E-state index is 12.2. The minimum Gasteiger partial charge on any atom is -0.394 e. The summed E-state index contributed by atoms with van der Waals surface area (Å²) in [5.41, 5.74) is 1.91. The Bertz CT molecular complexity index is 616. The molecule has 22 heavy (non-hydrogen) atoms. The fraction of sp³-hybridized carbons (Fsp3) is 0.333. The van der Waals surface area contributed by atoms with E-state index >= 15 is 0 Å². The number of hydrogen-bond acceptors (Lipinski definition) is 4. The Morgan fingerprint density at radius 2 is 2.27 bits per heavy atom. The second-order valence-corrected chi connectivity index (χ2v) is 5.05. The lowest BCUT2D eigenvalue weighted by molar-refractivity contribution is 0.0868. The van der Waals surface area contributed by atoms with Gasteiger partial charge in [-0.1, -0.05) is 23.7 Å². The van der Waals surface area contributed by atoms with Crippen molar-refractivity contribution in [2.24, 2.45) is 0 Å². The highest BCUT2D eigenvalue weighted by Gasteiger charge is 2.14. The molecule has 118 valence electrons. The zero-order chi connectivity index (χ0) is 15.8. The average molecular weight is 324 g/mol. The second-order valence-electron chi connectivity index (χ2n) is 4.61. The third kappa shape index (κ3) is 4.56. The number of rotatable bonds is 8. The molecule has 0 fully saturated rings. The molecule has 1 amide bonds. The maximum Gasteiger partial charge on any atom is 0.255 e. The molecule has 7 heteroatoms. The molecule has 0 spiro atoms. The van der Waals surface area contributed by atoms with E-state index in [-0.39, 0.29) is 12.5 Å². The van der Waals surface area contributed by atoms with Crippen LogP contribution in [-0.4, -0.2) is 47.6 Å². The van der Waals surface area contributed by atoms with E-state index in [2.05, 4.69) is 15.5 Å². The van der Waals surface area contributed by atoms with Crippen LogP contribution in [0.25, 0.3) is 11.3 Å². The van der Waals surface area contributed by atoms with E-state index in [1.54, 1.807) is 12.1 Å². The Kier molecular flexibility index (Phi) is 6.39. The third-order valence-corrected chi connectivity index (χ3v) is 3.22. The Morgan fingerprint density at radius 3 is 3.05 bits per heavy atom. The molecule has 3 N–H and O–H groups in total. The highest BCUT2D eigenvalue weighted by molar-refractivity contribution is 6.30. The Hall–Kier alpha value is -1.89. The molecule has 1 aromatic heterocycles. The maximum atomic E-state index is 12.2. The number of ether oxygens (including phenoxy) is 1. The van der Waals surface area contributed by atoms with Gasteiger partial charge < -0.3 is 15.2 Å². The van der Waals surface area contributed by atoms with E-state index in [9.17, 15) is 4.79 Å². The van der Waals surface area contributed by atoms with E-state index in [1.165, 1.54) is 6.20 Å². The third-order valence-electron chi connectivity index (χ3n) is 2.98. The van der Waals surface area contributed by atoms with Crippen molar-refractivity contribution in [3.63, 3.8) is 0 Å². The van der Waals surface area contributed by atoms with Crippen molar-refractivity contribution in [3.05, 3.63) is 41.0 Å². The number of aromatic amines is 1. The predicted molar refractivity (Wildman–Crippen MR) is 83.9 cm³/mol. The van der Waals surface area contributed by atoms with Crippen LogP contribution in [0, 0.1) is 0 Å². The smallest absolute Gasteiger partial charge is 0.255 e. The summed E-state index contributed by atoms with van der Waals surface area (Å²) in [7, 11) is 0. The van der Waals surface area contributed by atoms with E-state index in [0.717, 1.165) is 5.56 Å². The van der Waals surface area contributed by atoms with Crippen molar-refractivity contribution in [2.75, 3.05) is 26.4 Å². The number of aliphatic hydroxyl groups is 1. The average Bonchev–Trinajstić information content (AvgIpc) is 3.00. The molecule has 0 saturated heterocycles. The summed E-state index contributed by atoms with van der Waals surface area (Å²) in [6.45, 7) is 1.30. The molecule has 0 radical (unpaired) electrons. The Balaban J connectivity index is 1.93. The largest absolute Gasteiger partial charge is 0.394 e. The highest BCUT2D eigenvalue weighted by atomic mass is 35.5. The second kappa shape index (κ2) is 8.53. The van der Waals surface area contributed by atoms with Gasteiger partial charge in [-0.15, -0.1) is 0 Å². The molecular formula is C15H18ClN3O3. The lowest BCUT2D eigenvalue weighted by atomic mass is 10.1. The number of hydrogen-bond donors (Lipinski definition) is 3. The van der Waals surface area contributed by atoms with Gasteiger partial charge in [0.15, 0.2) is 0 Å². The fourth-order valence-electron chi connectivity index (χ4n) is 1.96. The number of aliphatic hydroxyl groups excluding tert-OH is 1. The quantitative estimate of drug-likeness (QED) is 0.647. The van der Waals surface area contributed by atoms with Gasteiger partial charge in [-0.2, -0.15) is 5.10 Å². The van der Waals surface area contributed by atoms with Gasteiger partial charge in [0.1, 0.15) is 0 Å². The van der Waals surface area contributed by atoms with Gasteiger partial charge in [-0.05, 0) is 18.6 Å². The SMILES string of the molecule is O=C(NCCCOCCO)c1cn[nH]c1-c1cccc(Cl)c1. The van der Waals surface area contributed by atoms with E-state index < -0.39 is 0 Å². The van der Waals surface area contributed by atoms with Crippen molar-refractivity contribution in [2.45, 2.75) is 6.42 Å². The van der Waals surface area contributed by atoms with Crippen molar-refractivity contribution in [1.82, 2.24) is 15.5 Å².